The highest BCUT2D eigenvalue weighted by molar-refractivity contribution is 7.89. The van der Waals surface area contributed by atoms with Gasteiger partial charge in [-0.05, 0) is 42.0 Å². The molecule has 0 N–H and O–H groups in total. The molecule has 0 spiro atoms. The van der Waals surface area contributed by atoms with E-state index >= 15 is 0 Å². The number of Topliss-reactive ketones (excluding diaryl/α,β-unsaturated/α-hetero) is 1. The van der Waals surface area contributed by atoms with E-state index in [9.17, 15) is 18.0 Å². The second-order valence-corrected chi connectivity index (χ2v) is 8.87. The summed E-state index contributed by atoms with van der Waals surface area (Å²) in [5, 5.41) is 2.06. The van der Waals surface area contributed by atoms with Crippen LogP contribution >= 0.6 is 0 Å². The normalized spacial score (nSPS) is 11.6. The molecule has 0 fully saturated rings. The first-order valence-corrected chi connectivity index (χ1v) is 10.5. The molecule has 0 bridgehead atoms. The molecule has 0 atom stereocenters. The van der Waals surface area contributed by atoms with Gasteiger partial charge in [0.25, 0.3) is 0 Å². The Kier molecular flexibility index (Phi) is 5.81. The van der Waals surface area contributed by atoms with Gasteiger partial charge in [0, 0.05) is 25.3 Å². The van der Waals surface area contributed by atoms with E-state index in [0.717, 1.165) is 15.1 Å². The van der Waals surface area contributed by atoms with Crippen LogP contribution in [0.3, 0.4) is 0 Å². The third-order valence-electron chi connectivity index (χ3n) is 4.82. The van der Waals surface area contributed by atoms with Crippen molar-refractivity contribution in [3.05, 3.63) is 72.3 Å². The number of carbonyl (C=O) groups is 2. The van der Waals surface area contributed by atoms with Crippen LogP contribution in [-0.2, 0) is 14.8 Å². The molecule has 3 rings (SSSR count). The number of hydrogen-bond donors (Lipinski definition) is 0. The number of sulfonamides is 1. The van der Waals surface area contributed by atoms with Crippen molar-refractivity contribution in [1.82, 2.24) is 4.31 Å². The minimum Gasteiger partial charge on any atom is -0.314 e. The van der Waals surface area contributed by atoms with Crippen LogP contribution in [0.15, 0.2) is 71.6 Å². The maximum Gasteiger partial charge on any atom is 0.243 e. The van der Waals surface area contributed by atoms with Crippen LogP contribution in [-0.4, -0.2) is 45.1 Å². The van der Waals surface area contributed by atoms with Gasteiger partial charge in [-0.3, -0.25) is 9.59 Å². The van der Waals surface area contributed by atoms with Crippen LogP contribution in [0.5, 0.6) is 0 Å². The second kappa shape index (κ2) is 8.14. The fourth-order valence-electron chi connectivity index (χ4n) is 2.95. The zero-order chi connectivity index (χ0) is 21.2. The Balaban J connectivity index is 1.76. The van der Waals surface area contributed by atoms with Crippen molar-refractivity contribution in [2.24, 2.45) is 0 Å². The molecule has 0 unspecified atom stereocenters. The monoisotopic (exact) mass is 410 g/mol. The van der Waals surface area contributed by atoms with Crippen LogP contribution in [0, 0.1) is 0 Å². The lowest BCUT2D eigenvalue weighted by Crippen LogP contribution is -2.39. The molecule has 0 aliphatic carbocycles. The highest BCUT2D eigenvalue weighted by Gasteiger charge is 2.25. The lowest BCUT2D eigenvalue weighted by atomic mass is 10.1. The largest absolute Gasteiger partial charge is 0.314 e. The van der Waals surface area contributed by atoms with Gasteiger partial charge in [-0.25, -0.2) is 8.42 Å². The zero-order valence-corrected chi connectivity index (χ0v) is 17.3. The smallest absolute Gasteiger partial charge is 0.243 e. The van der Waals surface area contributed by atoms with Gasteiger partial charge in [0.1, 0.15) is 0 Å². The molecule has 0 aliphatic heterocycles. The van der Waals surface area contributed by atoms with Crippen LogP contribution in [0.2, 0.25) is 0 Å². The van der Waals surface area contributed by atoms with E-state index < -0.39 is 10.0 Å². The second-order valence-electron chi connectivity index (χ2n) is 6.83. The number of carbonyl (C=O) groups excluding carboxylic acids is 2. The van der Waals surface area contributed by atoms with Gasteiger partial charge < -0.3 is 4.90 Å². The van der Waals surface area contributed by atoms with Crippen molar-refractivity contribution in [3.63, 3.8) is 0 Å². The lowest BCUT2D eigenvalue weighted by molar-refractivity contribution is -0.118. The molecular formula is C22H22N2O4S. The van der Waals surface area contributed by atoms with Crippen LogP contribution < -0.4 is 4.90 Å². The summed E-state index contributed by atoms with van der Waals surface area (Å²) in [7, 11) is -0.871. The molecule has 29 heavy (non-hydrogen) atoms. The van der Waals surface area contributed by atoms with E-state index in [1.165, 1.54) is 43.1 Å². The predicted molar refractivity (Wildman–Crippen MR) is 114 cm³/mol. The number of anilines is 1. The number of amides is 1. The molecule has 0 radical (unpaired) electrons. The van der Waals surface area contributed by atoms with Crippen molar-refractivity contribution in [2.45, 2.75) is 11.8 Å². The Morgan fingerprint density at radius 1 is 0.862 bits per heavy atom. The molecule has 0 saturated heterocycles. The van der Waals surface area contributed by atoms with Gasteiger partial charge >= 0.3 is 0 Å². The fourth-order valence-corrected chi connectivity index (χ4v) is 4.07. The average Bonchev–Trinajstić information content (AvgIpc) is 2.72. The predicted octanol–water partition coefficient (Wildman–Crippen LogP) is 3.33. The maximum absolute atomic E-state index is 12.8. The van der Waals surface area contributed by atoms with Crippen molar-refractivity contribution in [1.29, 1.82) is 0 Å². The molecule has 0 aromatic heterocycles. The first-order chi connectivity index (χ1) is 13.7. The third-order valence-corrected chi connectivity index (χ3v) is 6.64. The number of ketones is 1. The molecule has 150 valence electrons. The third kappa shape index (κ3) is 4.36. The summed E-state index contributed by atoms with van der Waals surface area (Å²) >= 11 is 0. The number of likely N-dealkylation sites (N-methyl/N-ethyl adjacent to an activating group) is 2. The average molecular weight is 410 g/mol. The summed E-state index contributed by atoms with van der Waals surface area (Å²) in [6.45, 7) is 1.11. The van der Waals surface area contributed by atoms with Crippen molar-refractivity contribution in [2.75, 3.05) is 25.5 Å². The summed E-state index contributed by atoms with van der Waals surface area (Å²) in [5.41, 5.74) is 1.11. The molecule has 3 aromatic rings. The number of fused-ring (bicyclic) bond motifs is 1. The van der Waals surface area contributed by atoms with E-state index in [1.54, 1.807) is 7.05 Å². The minimum atomic E-state index is -3.85. The van der Waals surface area contributed by atoms with Crippen molar-refractivity contribution < 1.29 is 18.0 Å². The molecule has 6 nitrogen and oxygen atoms in total. The maximum atomic E-state index is 12.8. The standard InChI is InChI=1S/C22H22N2O4S/c1-16(25)17-9-12-21(13-10-17)29(27,28)23(2)15-22(26)24(3)20-11-8-18-6-4-5-7-19(18)14-20/h4-14H,15H2,1-3H3. The molecule has 3 aromatic carbocycles. The number of hydrogen-bond acceptors (Lipinski definition) is 4. The Labute approximate surface area is 170 Å². The van der Waals surface area contributed by atoms with Crippen LogP contribution in [0.4, 0.5) is 5.69 Å². The van der Waals surface area contributed by atoms with Gasteiger partial charge in [-0.1, -0.05) is 42.5 Å². The van der Waals surface area contributed by atoms with Gasteiger partial charge in [0.05, 0.1) is 11.4 Å². The van der Waals surface area contributed by atoms with Gasteiger partial charge in [0.15, 0.2) is 5.78 Å². The van der Waals surface area contributed by atoms with Gasteiger partial charge in [-0.15, -0.1) is 0 Å². The molecular weight excluding hydrogens is 388 g/mol. The van der Waals surface area contributed by atoms with E-state index in [0.29, 0.717) is 11.3 Å². The van der Waals surface area contributed by atoms with Gasteiger partial charge in [0.2, 0.25) is 15.9 Å². The lowest BCUT2D eigenvalue weighted by Gasteiger charge is -2.22. The van der Waals surface area contributed by atoms with E-state index in [4.69, 9.17) is 0 Å². The van der Waals surface area contributed by atoms with Crippen molar-refractivity contribution in [3.8, 4) is 0 Å². The molecule has 0 saturated carbocycles. The highest BCUT2D eigenvalue weighted by Crippen LogP contribution is 2.22. The van der Waals surface area contributed by atoms with Crippen LogP contribution in [0.25, 0.3) is 10.8 Å². The Morgan fingerprint density at radius 3 is 2.10 bits per heavy atom. The van der Waals surface area contributed by atoms with E-state index in [2.05, 4.69) is 0 Å². The fraction of sp³-hybridized carbons (Fsp3) is 0.182. The summed E-state index contributed by atoms with van der Waals surface area (Å²) < 4.78 is 26.5. The molecule has 0 aliphatic rings. The number of rotatable bonds is 6. The van der Waals surface area contributed by atoms with Crippen LogP contribution in [0.1, 0.15) is 17.3 Å². The molecule has 1 amide bonds. The summed E-state index contributed by atoms with van der Waals surface area (Å²) in [6, 6.07) is 19.1. The quantitative estimate of drug-likeness (QED) is 0.584. The number of benzene rings is 3. The number of nitrogens with zero attached hydrogens (tertiary/aromatic N) is 2. The summed E-state index contributed by atoms with van der Waals surface area (Å²) in [4.78, 5) is 25.5. The van der Waals surface area contributed by atoms with E-state index in [1.807, 2.05) is 42.5 Å². The first-order valence-electron chi connectivity index (χ1n) is 9.03. The zero-order valence-electron chi connectivity index (χ0n) is 16.5. The SMILES string of the molecule is CC(=O)c1ccc(S(=O)(=O)N(C)CC(=O)N(C)c2ccc3ccccc3c2)cc1. The summed E-state index contributed by atoms with van der Waals surface area (Å²) in [5.74, 6) is -0.499. The Hall–Kier alpha value is -3.03. The van der Waals surface area contributed by atoms with Crippen molar-refractivity contribution >= 4 is 38.2 Å². The first kappa shape index (κ1) is 20.7. The molecule has 7 heteroatoms. The summed E-state index contributed by atoms with van der Waals surface area (Å²) in [6.07, 6.45) is 0. The Bertz CT molecular complexity index is 1170. The topological polar surface area (TPSA) is 74.8 Å². The van der Waals surface area contributed by atoms with E-state index in [-0.39, 0.29) is 23.1 Å². The minimum absolute atomic E-state index is 0.0335. The molecule has 0 heterocycles. The Morgan fingerprint density at radius 2 is 1.48 bits per heavy atom. The highest BCUT2D eigenvalue weighted by atomic mass is 32.2. The van der Waals surface area contributed by atoms with Gasteiger partial charge in [-0.2, -0.15) is 4.31 Å².